The van der Waals surface area contributed by atoms with Gasteiger partial charge in [-0.15, -0.1) is 0 Å². The molecule has 4 rings (SSSR count). The number of nitrogens with one attached hydrogen (secondary N) is 1. The smallest absolute Gasteiger partial charge is 0.269 e. The number of benzene rings is 2. The van der Waals surface area contributed by atoms with Gasteiger partial charge in [0.2, 0.25) is 5.91 Å². The predicted octanol–water partition coefficient (Wildman–Crippen LogP) is 3.23. The molecular formula is C22H28N4O5. The number of hydrazine groups is 1. The lowest BCUT2D eigenvalue weighted by Crippen LogP contribution is -2.57. The first-order valence-electron chi connectivity index (χ1n) is 10.0. The Morgan fingerprint density at radius 2 is 1.77 bits per heavy atom. The summed E-state index contributed by atoms with van der Waals surface area (Å²) >= 11 is 0. The molecule has 9 heteroatoms. The van der Waals surface area contributed by atoms with Crippen LogP contribution in [0, 0.1) is 16.0 Å². The molecule has 2 aromatic rings. The van der Waals surface area contributed by atoms with E-state index < -0.39 is 34.9 Å². The van der Waals surface area contributed by atoms with E-state index in [0.717, 1.165) is 0 Å². The Morgan fingerprint density at radius 1 is 1.10 bits per heavy atom. The lowest BCUT2D eigenvalue weighted by atomic mass is 9.92. The number of carbonyl (C=O) groups is 2. The first-order valence-corrected chi connectivity index (χ1v) is 10.0. The van der Waals surface area contributed by atoms with E-state index in [1.165, 1.54) is 29.2 Å². The van der Waals surface area contributed by atoms with Crippen LogP contribution in [0.5, 0.6) is 0 Å². The molecule has 2 heterocycles. The number of hydrogen-bond donors (Lipinski definition) is 2. The summed E-state index contributed by atoms with van der Waals surface area (Å²) in [7, 11) is 0. The van der Waals surface area contributed by atoms with E-state index in [1.54, 1.807) is 47.5 Å². The van der Waals surface area contributed by atoms with Gasteiger partial charge in [-0.05, 0) is 30.7 Å². The normalized spacial score (nSPS) is 24.2. The third-order valence-corrected chi connectivity index (χ3v) is 5.62. The quantitative estimate of drug-likeness (QED) is 0.314. The van der Waals surface area contributed by atoms with Crippen LogP contribution in [0.3, 0.4) is 0 Å². The number of anilines is 2. The molecule has 31 heavy (non-hydrogen) atoms. The second-order valence-corrected chi connectivity index (χ2v) is 7.49. The Morgan fingerprint density at radius 3 is 2.39 bits per heavy atom. The molecule has 9 nitrogen and oxygen atoms in total. The van der Waals surface area contributed by atoms with Gasteiger partial charge in [0.05, 0.1) is 28.7 Å². The van der Waals surface area contributed by atoms with Crippen molar-refractivity contribution in [3.8, 4) is 0 Å². The monoisotopic (exact) mass is 428 g/mol. The zero-order chi connectivity index (χ0) is 22.1. The number of rotatable bonds is 6. The number of imide groups is 1. The number of nitrogens with zero attached hydrogens (tertiary/aromatic N) is 3. The Hall–Kier alpha value is -3.56. The molecule has 0 spiro atoms. The molecule has 1 fully saturated rings. The van der Waals surface area contributed by atoms with Gasteiger partial charge in [-0.25, -0.2) is 9.91 Å². The topological polar surface area (TPSA) is 116 Å². The number of amides is 2. The fourth-order valence-corrected chi connectivity index (χ4v) is 4.01. The number of non-ortho nitro benzene ring substituents is 1. The molecule has 2 N–H and O–H groups in total. The average molecular weight is 428 g/mol. The van der Waals surface area contributed by atoms with E-state index in [2.05, 4.69) is 5.43 Å². The van der Waals surface area contributed by atoms with E-state index in [-0.39, 0.29) is 15.9 Å². The lowest BCUT2D eigenvalue weighted by molar-refractivity contribution is -0.384. The highest BCUT2D eigenvalue weighted by Gasteiger charge is 2.53. The van der Waals surface area contributed by atoms with Crippen molar-refractivity contribution in [3.05, 3.63) is 76.9 Å². The summed E-state index contributed by atoms with van der Waals surface area (Å²) in [5.41, 5.74) is 4.04. The van der Waals surface area contributed by atoms with Gasteiger partial charge in [0.25, 0.3) is 11.6 Å². The van der Waals surface area contributed by atoms with Gasteiger partial charge < -0.3 is 10.5 Å². The van der Waals surface area contributed by atoms with Crippen LogP contribution in [0.15, 0.2) is 66.7 Å². The number of nitro groups is 1. The van der Waals surface area contributed by atoms with Gasteiger partial charge in [0, 0.05) is 22.1 Å². The Labute approximate surface area is 183 Å². The molecule has 0 bridgehead atoms. The van der Waals surface area contributed by atoms with Crippen LogP contribution < -0.4 is 10.3 Å². The molecule has 2 amide bonds. The number of nitro benzene ring substituents is 1. The summed E-state index contributed by atoms with van der Waals surface area (Å²) in [6, 6.07) is 13.0. The maximum absolute atomic E-state index is 13.4. The van der Waals surface area contributed by atoms with E-state index in [4.69, 9.17) is 0 Å². The highest BCUT2D eigenvalue weighted by Crippen LogP contribution is 2.36. The average Bonchev–Trinajstić information content (AvgIpc) is 3.04. The summed E-state index contributed by atoms with van der Waals surface area (Å²) < 4.78 is 0. The van der Waals surface area contributed by atoms with Crippen LogP contribution in [0.4, 0.5) is 17.1 Å². The van der Waals surface area contributed by atoms with Crippen LogP contribution in [0.25, 0.3) is 0 Å². The van der Waals surface area contributed by atoms with Gasteiger partial charge in [0.1, 0.15) is 6.04 Å². The first-order chi connectivity index (χ1) is 14.9. The Balaban J connectivity index is 0.00000193. The molecule has 0 aromatic heterocycles. The third-order valence-electron chi connectivity index (χ3n) is 5.62. The first kappa shape index (κ1) is 20.7. The molecule has 1 saturated heterocycles. The lowest BCUT2D eigenvalue weighted by Gasteiger charge is -2.40. The minimum atomic E-state index is -0.862. The van der Waals surface area contributed by atoms with Crippen molar-refractivity contribution in [2.75, 3.05) is 10.3 Å². The van der Waals surface area contributed by atoms with Gasteiger partial charge in [-0.2, -0.15) is 0 Å². The summed E-state index contributed by atoms with van der Waals surface area (Å²) in [6.45, 7) is 1.83. The number of fused-ring (bicyclic) bond motifs is 1. The van der Waals surface area contributed by atoms with Gasteiger partial charge in [-0.3, -0.25) is 19.7 Å². The van der Waals surface area contributed by atoms with Crippen LogP contribution in [0.2, 0.25) is 0 Å². The SMILES string of the molecule is CC[C@@H](O)[C@H]1C=C[C@H]2C(=O)N(c3ccccc3)C(=O)[C@H]2N1Nc1ccc([N+](=O)[O-])cc1.[HH].[HH].[HH]. The Bertz CT molecular complexity index is 1040. The summed E-state index contributed by atoms with van der Waals surface area (Å²) in [5.74, 6) is -1.44. The summed E-state index contributed by atoms with van der Waals surface area (Å²) in [6.07, 6.45) is 3.07. The molecule has 2 aliphatic rings. The molecule has 2 aromatic carbocycles. The highest BCUT2D eigenvalue weighted by atomic mass is 16.6. The van der Waals surface area contributed by atoms with Crippen molar-refractivity contribution < 1.29 is 23.9 Å². The zero-order valence-corrected chi connectivity index (χ0v) is 16.8. The molecule has 0 saturated carbocycles. The minimum Gasteiger partial charge on any atom is -0.391 e. The number of aliphatic hydroxyl groups is 1. The van der Waals surface area contributed by atoms with E-state index in [9.17, 15) is 24.8 Å². The molecule has 4 atom stereocenters. The fraction of sp³-hybridized carbons (Fsp3) is 0.273. The van der Waals surface area contributed by atoms with Crippen molar-refractivity contribution in [1.82, 2.24) is 5.01 Å². The number of aliphatic hydroxyl groups excluding tert-OH is 1. The van der Waals surface area contributed by atoms with E-state index in [1.807, 2.05) is 6.92 Å². The van der Waals surface area contributed by atoms with Crippen LogP contribution in [-0.4, -0.2) is 45.0 Å². The molecule has 0 aliphatic carbocycles. The zero-order valence-electron chi connectivity index (χ0n) is 16.8. The third kappa shape index (κ3) is 3.69. The van der Waals surface area contributed by atoms with Gasteiger partial charge in [-0.1, -0.05) is 37.3 Å². The van der Waals surface area contributed by atoms with Crippen molar-refractivity contribution in [2.45, 2.75) is 31.5 Å². The van der Waals surface area contributed by atoms with E-state index >= 15 is 0 Å². The van der Waals surface area contributed by atoms with Crippen LogP contribution in [-0.2, 0) is 9.59 Å². The Kier molecular flexibility index (Phi) is 5.53. The fourth-order valence-electron chi connectivity index (χ4n) is 4.01. The number of hydrogen-bond acceptors (Lipinski definition) is 7. The van der Waals surface area contributed by atoms with Gasteiger partial charge >= 0.3 is 0 Å². The maximum Gasteiger partial charge on any atom is 0.269 e. The number of carbonyl (C=O) groups excluding carboxylic acids is 2. The van der Waals surface area contributed by atoms with E-state index in [0.29, 0.717) is 17.8 Å². The molecule has 2 aliphatic heterocycles. The predicted molar refractivity (Wildman–Crippen MR) is 120 cm³/mol. The summed E-state index contributed by atoms with van der Waals surface area (Å²) in [5, 5.41) is 23.1. The van der Waals surface area contributed by atoms with Crippen molar-refractivity contribution in [1.29, 1.82) is 0 Å². The van der Waals surface area contributed by atoms with Crippen LogP contribution in [0.1, 0.15) is 17.6 Å². The van der Waals surface area contributed by atoms with Crippen LogP contribution >= 0.6 is 0 Å². The second-order valence-electron chi connectivity index (χ2n) is 7.49. The highest BCUT2D eigenvalue weighted by molar-refractivity contribution is 6.24. The maximum atomic E-state index is 13.4. The largest absolute Gasteiger partial charge is 0.391 e. The second kappa shape index (κ2) is 8.29. The number of para-hydroxylation sites is 1. The molecular weight excluding hydrogens is 400 g/mol. The van der Waals surface area contributed by atoms with Crippen molar-refractivity contribution in [2.24, 2.45) is 5.92 Å². The standard InChI is InChI=1S/C22H22N4O5.3H2/c1-2-19(27)18-13-12-17-20(22(29)24(21(17)28)15-6-4-3-5-7-15)25(18)23-14-8-10-16(11-9-14)26(30)31;;;/h3-13,17-20,23,27H,2H2,1H3;3*1H/t17-,18-,19-,20+;;;/m1.../s1. The molecule has 0 unspecified atom stereocenters. The molecule has 0 radical (unpaired) electrons. The molecule has 166 valence electrons. The summed E-state index contributed by atoms with van der Waals surface area (Å²) in [4.78, 5) is 38.0. The minimum absolute atomic E-state index is 0. The van der Waals surface area contributed by atoms with Crippen molar-refractivity contribution >= 4 is 28.9 Å². The van der Waals surface area contributed by atoms with Gasteiger partial charge in [0.15, 0.2) is 0 Å². The van der Waals surface area contributed by atoms with Crippen molar-refractivity contribution in [3.63, 3.8) is 0 Å².